The van der Waals surface area contributed by atoms with Crippen molar-refractivity contribution in [2.24, 2.45) is 0 Å². The third kappa shape index (κ3) is 6.10. The summed E-state index contributed by atoms with van der Waals surface area (Å²) in [6.45, 7) is -0.344. The molecule has 2 N–H and O–H groups in total. The lowest BCUT2D eigenvalue weighted by molar-refractivity contribution is -0.274. The highest BCUT2D eigenvalue weighted by Crippen LogP contribution is 2.25. The van der Waals surface area contributed by atoms with E-state index in [4.69, 9.17) is 0 Å². The molecule has 0 aliphatic rings. The number of amides is 2. The minimum absolute atomic E-state index is 0.114. The summed E-state index contributed by atoms with van der Waals surface area (Å²) in [6.07, 6.45) is -4.83. The molecule has 30 heavy (non-hydrogen) atoms. The van der Waals surface area contributed by atoms with Crippen molar-refractivity contribution in [3.05, 3.63) is 84.4 Å². The first-order valence-electron chi connectivity index (χ1n) is 8.89. The van der Waals surface area contributed by atoms with Crippen LogP contribution >= 0.6 is 0 Å². The predicted molar refractivity (Wildman–Crippen MR) is 106 cm³/mol. The molecule has 2 amide bonds. The highest BCUT2D eigenvalue weighted by Gasteiger charge is 2.31. The molecule has 8 heteroatoms. The molecule has 0 saturated carbocycles. The topological polar surface area (TPSA) is 67.4 Å². The molecule has 3 aromatic carbocycles. The van der Waals surface area contributed by atoms with E-state index in [1.54, 1.807) is 24.3 Å². The summed E-state index contributed by atoms with van der Waals surface area (Å²) in [5.74, 6) is -1.49. The van der Waals surface area contributed by atoms with Gasteiger partial charge in [-0.2, -0.15) is 0 Å². The summed E-state index contributed by atoms with van der Waals surface area (Å²) in [7, 11) is 0. The maximum absolute atomic E-state index is 12.3. The molecule has 0 bridgehead atoms. The number of alkyl halides is 3. The summed E-state index contributed by atoms with van der Waals surface area (Å²) in [5.41, 5.74) is 2.46. The molecule has 0 aliphatic heterocycles. The Morgan fingerprint density at radius 3 is 2.17 bits per heavy atom. The van der Waals surface area contributed by atoms with E-state index in [0.29, 0.717) is 5.56 Å². The second-order valence-corrected chi connectivity index (χ2v) is 6.25. The Bertz CT molecular complexity index is 1020. The van der Waals surface area contributed by atoms with Gasteiger partial charge in [0.15, 0.2) is 0 Å². The van der Waals surface area contributed by atoms with Crippen molar-refractivity contribution in [3.8, 4) is 16.9 Å². The van der Waals surface area contributed by atoms with Crippen molar-refractivity contribution < 1.29 is 27.5 Å². The predicted octanol–water partition coefficient (Wildman–Crippen LogP) is 4.62. The van der Waals surface area contributed by atoms with Gasteiger partial charge in [-0.1, -0.05) is 48.5 Å². The number of ether oxygens (including phenoxy) is 1. The lowest BCUT2D eigenvalue weighted by Crippen LogP contribution is -2.32. The minimum Gasteiger partial charge on any atom is -0.406 e. The molecule has 0 fully saturated rings. The zero-order chi connectivity index (χ0) is 21.6. The van der Waals surface area contributed by atoms with Gasteiger partial charge in [-0.15, -0.1) is 13.2 Å². The van der Waals surface area contributed by atoms with E-state index in [0.717, 1.165) is 23.3 Å². The van der Waals surface area contributed by atoms with Gasteiger partial charge in [0.2, 0.25) is 5.91 Å². The molecule has 5 nitrogen and oxygen atoms in total. The highest BCUT2D eigenvalue weighted by molar-refractivity contribution is 5.99. The highest BCUT2D eigenvalue weighted by atomic mass is 19.4. The van der Waals surface area contributed by atoms with Gasteiger partial charge in [0.05, 0.1) is 6.54 Å². The van der Waals surface area contributed by atoms with Gasteiger partial charge in [0.1, 0.15) is 5.75 Å². The van der Waals surface area contributed by atoms with Crippen LogP contribution in [0.2, 0.25) is 0 Å². The average Bonchev–Trinajstić information content (AvgIpc) is 2.72. The standard InChI is InChI=1S/C22H17F3N2O3/c23-22(24,25)30-19-8-4-7-18(13-19)27-20(28)14-26-21(29)17-11-9-16(10-12-17)15-5-2-1-3-6-15/h1-13H,14H2,(H,26,29)(H,27,28). The van der Waals surface area contributed by atoms with Crippen molar-refractivity contribution in [3.63, 3.8) is 0 Å². The summed E-state index contributed by atoms with van der Waals surface area (Å²) < 4.78 is 40.6. The number of anilines is 1. The van der Waals surface area contributed by atoms with Gasteiger partial charge >= 0.3 is 6.36 Å². The van der Waals surface area contributed by atoms with Crippen LogP contribution in [0.3, 0.4) is 0 Å². The number of carbonyl (C=O) groups is 2. The normalized spacial score (nSPS) is 10.9. The fraction of sp³-hybridized carbons (Fsp3) is 0.0909. The second kappa shape index (κ2) is 9.13. The zero-order valence-corrected chi connectivity index (χ0v) is 15.6. The quantitative estimate of drug-likeness (QED) is 0.619. The van der Waals surface area contributed by atoms with Crippen molar-refractivity contribution in [1.82, 2.24) is 5.32 Å². The average molecular weight is 414 g/mol. The lowest BCUT2D eigenvalue weighted by atomic mass is 10.0. The molecule has 3 aromatic rings. The number of halogens is 3. The van der Waals surface area contributed by atoms with Crippen LogP contribution in [0.5, 0.6) is 5.75 Å². The summed E-state index contributed by atoms with van der Waals surface area (Å²) in [6, 6.07) is 21.4. The molecule has 0 saturated heterocycles. The molecule has 0 spiro atoms. The van der Waals surface area contributed by atoms with Crippen molar-refractivity contribution in [2.45, 2.75) is 6.36 Å². The molecule has 3 rings (SSSR count). The van der Waals surface area contributed by atoms with E-state index >= 15 is 0 Å². The molecule has 0 heterocycles. The van der Waals surface area contributed by atoms with Crippen LogP contribution in [0.4, 0.5) is 18.9 Å². The number of nitrogens with one attached hydrogen (secondary N) is 2. The summed E-state index contributed by atoms with van der Waals surface area (Å²) in [5, 5.41) is 4.87. The maximum Gasteiger partial charge on any atom is 0.573 e. The monoisotopic (exact) mass is 414 g/mol. The molecule has 154 valence electrons. The van der Waals surface area contributed by atoms with Gasteiger partial charge in [-0.05, 0) is 35.4 Å². The van der Waals surface area contributed by atoms with Crippen LogP contribution in [-0.4, -0.2) is 24.7 Å². The first-order chi connectivity index (χ1) is 14.3. The molecular formula is C22H17F3N2O3. The third-order valence-corrected chi connectivity index (χ3v) is 4.02. The third-order valence-electron chi connectivity index (χ3n) is 4.02. The van der Waals surface area contributed by atoms with Gasteiger partial charge in [0.25, 0.3) is 5.91 Å². The fourth-order valence-corrected chi connectivity index (χ4v) is 2.68. The molecule has 0 aliphatic carbocycles. The smallest absolute Gasteiger partial charge is 0.406 e. The summed E-state index contributed by atoms with van der Waals surface area (Å²) >= 11 is 0. The Kier molecular flexibility index (Phi) is 6.36. The van der Waals surface area contributed by atoms with E-state index in [9.17, 15) is 22.8 Å². The zero-order valence-electron chi connectivity index (χ0n) is 15.6. The Balaban J connectivity index is 1.53. The molecule has 0 unspecified atom stereocenters. The largest absolute Gasteiger partial charge is 0.573 e. The number of benzene rings is 3. The van der Waals surface area contributed by atoms with Crippen LogP contribution in [0.25, 0.3) is 11.1 Å². The Morgan fingerprint density at radius 1 is 0.833 bits per heavy atom. The van der Waals surface area contributed by atoms with Crippen LogP contribution in [0.15, 0.2) is 78.9 Å². The van der Waals surface area contributed by atoms with E-state index in [-0.39, 0.29) is 12.2 Å². The number of rotatable bonds is 6. The maximum atomic E-state index is 12.3. The van der Waals surface area contributed by atoms with Gasteiger partial charge in [0, 0.05) is 17.3 Å². The number of carbonyl (C=O) groups excluding carboxylic acids is 2. The van der Waals surface area contributed by atoms with Crippen LogP contribution < -0.4 is 15.4 Å². The van der Waals surface area contributed by atoms with Crippen LogP contribution in [0, 0.1) is 0 Å². The number of hydrogen-bond acceptors (Lipinski definition) is 3. The molecule has 0 aromatic heterocycles. The fourth-order valence-electron chi connectivity index (χ4n) is 2.68. The van der Waals surface area contributed by atoms with Crippen LogP contribution in [0.1, 0.15) is 10.4 Å². The molecular weight excluding hydrogens is 397 g/mol. The summed E-state index contributed by atoms with van der Waals surface area (Å²) in [4.78, 5) is 24.2. The lowest BCUT2D eigenvalue weighted by Gasteiger charge is -2.11. The Morgan fingerprint density at radius 2 is 1.50 bits per heavy atom. The SMILES string of the molecule is O=C(CNC(=O)c1ccc(-c2ccccc2)cc1)Nc1cccc(OC(F)(F)F)c1. The molecule has 0 atom stereocenters. The first kappa shape index (κ1) is 20.9. The minimum atomic E-state index is -4.83. The van der Waals surface area contributed by atoms with Gasteiger partial charge in [-0.25, -0.2) is 0 Å². The number of hydrogen-bond donors (Lipinski definition) is 2. The van der Waals surface area contributed by atoms with E-state index in [2.05, 4.69) is 15.4 Å². The Hall–Kier alpha value is -3.81. The van der Waals surface area contributed by atoms with Crippen molar-refractivity contribution in [2.75, 3.05) is 11.9 Å². The van der Waals surface area contributed by atoms with Gasteiger partial charge < -0.3 is 15.4 Å². The second-order valence-electron chi connectivity index (χ2n) is 6.25. The molecule has 0 radical (unpaired) electrons. The van der Waals surface area contributed by atoms with Crippen molar-refractivity contribution in [1.29, 1.82) is 0 Å². The van der Waals surface area contributed by atoms with E-state index in [1.807, 2.05) is 30.3 Å². The van der Waals surface area contributed by atoms with Gasteiger partial charge in [-0.3, -0.25) is 9.59 Å². The van der Waals surface area contributed by atoms with Crippen molar-refractivity contribution >= 4 is 17.5 Å². The van der Waals surface area contributed by atoms with Crippen LogP contribution in [-0.2, 0) is 4.79 Å². The first-order valence-corrected chi connectivity index (χ1v) is 8.89. The van der Waals surface area contributed by atoms with E-state index < -0.39 is 23.9 Å². The Labute approximate surface area is 170 Å². The van der Waals surface area contributed by atoms with E-state index in [1.165, 1.54) is 12.1 Å².